The van der Waals surface area contributed by atoms with E-state index in [1.54, 1.807) is 6.07 Å². The summed E-state index contributed by atoms with van der Waals surface area (Å²) >= 11 is 0. The molecule has 0 amide bonds. The molecule has 0 unspecified atom stereocenters. The molecule has 29 heavy (non-hydrogen) atoms. The third-order valence-corrected chi connectivity index (χ3v) is 5.53. The molecule has 0 spiro atoms. The highest BCUT2D eigenvalue weighted by molar-refractivity contribution is 5.49. The zero-order valence-corrected chi connectivity index (χ0v) is 16.4. The van der Waals surface area contributed by atoms with Crippen molar-refractivity contribution >= 4 is 11.8 Å². The van der Waals surface area contributed by atoms with Gasteiger partial charge in [-0.3, -0.25) is 0 Å². The van der Waals surface area contributed by atoms with Crippen LogP contribution in [0.4, 0.5) is 24.9 Å². The van der Waals surface area contributed by atoms with Crippen LogP contribution in [0.5, 0.6) is 5.75 Å². The molecule has 1 N–H and O–H groups in total. The van der Waals surface area contributed by atoms with Gasteiger partial charge < -0.3 is 15.0 Å². The van der Waals surface area contributed by atoms with Gasteiger partial charge >= 0.3 is 6.36 Å². The first-order valence-electron chi connectivity index (χ1n) is 10.1. The van der Waals surface area contributed by atoms with Crippen molar-refractivity contribution in [1.82, 2.24) is 9.97 Å². The Morgan fingerprint density at radius 3 is 2.62 bits per heavy atom. The monoisotopic (exact) mass is 406 g/mol. The minimum Gasteiger partial charge on any atom is -0.406 e. The Kier molecular flexibility index (Phi) is 5.52. The number of ether oxygens (including phenoxy) is 1. The lowest BCUT2D eigenvalue weighted by Crippen LogP contribution is -2.32. The van der Waals surface area contributed by atoms with Gasteiger partial charge in [0.15, 0.2) is 0 Å². The van der Waals surface area contributed by atoms with E-state index in [4.69, 9.17) is 4.98 Å². The fraction of sp³-hybridized carbons (Fsp3) is 0.524. The molecule has 1 aliphatic heterocycles. The van der Waals surface area contributed by atoms with E-state index in [0.29, 0.717) is 31.5 Å². The van der Waals surface area contributed by atoms with E-state index in [1.165, 1.54) is 31.4 Å². The van der Waals surface area contributed by atoms with E-state index >= 15 is 0 Å². The van der Waals surface area contributed by atoms with Crippen molar-refractivity contribution in [2.24, 2.45) is 0 Å². The Morgan fingerprint density at radius 2 is 1.86 bits per heavy atom. The number of rotatable bonds is 4. The van der Waals surface area contributed by atoms with Crippen LogP contribution in [0.1, 0.15) is 48.9 Å². The first-order valence-corrected chi connectivity index (χ1v) is 10.1. The number of halogens is 3. The van der Waals surface area contributed by atoms with Crippen LogP contribution in [0.25, 0.3) is 0 Å². The maximum Gasteiger partial charge on any atom is 0.573 e. The van der Waals surface area contributed by atoms with E-state index in [0.717, 1.165) is 35.5 Å². The molecule has 1 aromatic carbocycles. The van der Waals surface area contributed by atoms with Crippen molar-refractivity contribution < 1.29 is 17.9 Å². The van der Waals surface area contributed by atoms with E-state index in [1.807, 2.05) is 13.0 Å². The van der Waals surface area contributed by atoms with Gasteiger partial charge in [-0.05, 0) is 49.4 Å². The summed E-state index contributed by atoms with van der Waals surface area (Å²) in [7, 11) is 0. The number of aryl methyl sites for hydroxylation is 1. The van der Waals surface area contributed by atoms with Gasteiger partial charge in [0.1, 0.15) is 11.6 Å². The standard InChI is InChI=1S/C21H25F3N4O/c1-14-11-19(27-20(25-14)26-17-5-3-2-4-6-17)28-10-9-15-12-18(29-21(22,23)24)8-7-16(15)13-28/h7-8,11-12,17H,2-6,9-10,13H2,1H3,(H,25,26,27). The first kappa shape index (κ1) is 19.8. The summed E-state index contributed by atoms with van der Waals surface area (Å²) in [5.41, 5.74) is 2.77. The van der Waals surface area contributed by atoms with Crippen molar-refractivity contribution in [3.05, 3.63) is 41.1 Å². The van der Waals surface area contributed by atoms with E-state index in [2.05, 4.69) is 19.9 Å². The third kappa shape index (κ3) is 5.10. The van der Waals surface area contributed by atoms with Crippen LogP contribution in [0.3, 0.4) is 0 Å². The summed E-state index contributed by atoms with van der Waals surface area (Å²) < 4.78 is 41.4. The second-order valence-electron chi connectivity index (χ2n) is 7.82. The molecule has 0 bridgehead atoms. The molecule has 1 fully saturated rings. The Balaban J connectivity index is 1.48. The Labute approximate surface area is 168 Å². The van der Waals surface area contributed by atoms with E-state index < -0.39 is 6.36 Å². The number of aromatic nitrogens is 2. The van der Waals surface area contributed by atoms with Crippen molar-refractivity contribution in [2.75, 3.05) is 16.8 Å². The number of anilines is 2. The molecular weight excluding hydrogens is 381 g/mol. The number of hydrogen-bond donors (Lipinski definition) is 1. The number of alkyl halides is 3. The summed E-state index contributed by atoms with van der Waals surface area (Å²) in [4.78, 5) is 11.4. The summed E-state index contributed by atoms with van der Waals surface area (Å²) in [6.45, 7) is 3.23. The van der Waals surface area contributed by atoms with Gasteiger partial charge in [-0.25, -0.2) is 4.98 Å². The predicted octanol–water partition coefficient (Wildman–Crippen LogP) is 4.99. The van der Waals surface area contributed by atoms with Crippen LogP contribution in [-0.4, -0.2) is 28.9 Å². The lowest BCUT2D eigenvalue weighted by Gasteiger charge is -2.31. The maximum atomic E-state index is 12.4. The zero-order chi connectivity index (χ0) is 20.4. The van der Waals surface area contributed by atoms with Crippen molar-refractivity contribution in [1.29, 1.82) is 0 Å². The molecule has 156 valence electrons. The SMILES string of the molecule is Cc1cc(N2CCc3cc(OC(F)(F)F)ccc3C2)nc(NC2CCCCC2)n1. The van der Waals surface area contributed by atoms with Gasteiger partial charge in [0.2, 0.25) is 5.95 Å². The second-order valence-corrected chi connectivity index (χ2v) is 7.82. The average molecular weight is 406 g/mol. The summed E-state index contributed by atoms with van der Waals surface area (Å²) in [5.74, 6) is 1.34. The van der Waals surface area contributed by atoms with Crippen LogP contribution >= 0.6 is 0 Å². The van der Waals surface area contributed by atoms with Crippen LogP contribution in [-0.2, 0) is 13.0 Å². The molecule has 0 saturated heterocycles. The second kappa shape index (κ2) is 8.08. The summed E-state index contributed by atoms with van der Waals surface area (Å²) in [6.07, 6.45) is 2.02. The molecule has 5 nitrogen and oxygen atoms in total. The average Bonchev–Trinajstić information content (AvgIpc) is 2.66. The molecule has 1 aliphatic carbocycles. The Morgan fingerprint density at radius 1 is 1.07 bits per heavy atom. The molecule has 4 rings (SSSR count). The number of nitrogens with one attached hydrogen (secondary N) is 1. The summed E-state index contributed by atoms with van der Waals surface area (Å²) in [6, 6.07) is 6.95. The van der Waals surface area contributed by atoms with Gasteiger partial charge in [0, 0.05) is 30.9 Å². The highest BCUT2D eigenvalue weighted by atomic mass is 19.4. The zero-order valence-electron chi connectivity index (χ0n) is 16.4. The molecule has 1 aromatic heterocycles. The van der Waals surface area contributed by atoms with Crippen molar-refractivity contribution in [2.45, 2.75) is 64.4 Å². The van der Waals surface area contributed by atoms with Crippen LogP contribution in [0.2, 0.25) is 0 Å². The lowest BCUT2D eigenvalue weighted by molar-refractivity contribution is -0.274. The molecular formula is C21H25F3N4O. The normalized spacial score (nSPS) is 17.7. The van der Waals surface area contributed by atoms with Crippen LogP contribution in [0.15, 0.2) is 24.3 Å². The summed E-state index contributed by atoms with van der Waals surface area (Å²) in [5, 5.41) is 3.48. The fourth-order valence-corrected chi connectivity index (χ4v) is 4.13. The van der Waals surface area contributed by atoms with Gasteiger partial charge in [0.05, 0.1) is 0 Å². The van der Waals surface area contributed by atoms with Crippen LogP contribution < -0.4 is 15.0 Å². The van der Waals surface area contributed by atoms with Gasteiger partial charge in [0.25, 0.3) is 0 Å². The molecule has 0 atom stereocenters. The quantitative estimate of drug-likeness (QED) is 0.775. The highest BCUT2D eigenvalue weighted by Crippen LogP contribution is 2.30. The third-order valence-electron chi connectivity index (χ3n) is 5.53. The maximum absolute atomic E-state index is 12.4. The van der Waals surface area contributed by atoms with Crippen molar-refractivity contribution in [3.63, 3.8) is 0 Å². The number of nitrogens with zero attached hydrogens (tertiary/aromatic N) is 3. The van der Waals surface area contributed by atoms with E-state index in [9.17, 15) is 13.2 Å². The van der Waals surface area contributed by atoms with Gasteiger partial charge in [-0.1, -0.05) is 25.3 Å². The molecule has 2 heterocycles. The lowest BCUT2D eigenvalue weighted by atomic mass is 9.96. The molecule has 2 aliphatic rings. The molecule has 2 aromatic rings. The molecule has 0 radical (unpaired) electrons. The fourth-order valence-electron chi connectivity index (χ4n) is 4.13. The number of fused-ring (bicyclic) bond motifs is 1. The number of benzene rings is 1. The topological polar surface area (TPSA) is 50.3 Å². The Hall–Kier alpha value is -2.51. The van der Waals surface area contributed by atoms with Crippen molar-refractivity contribution in [3.8, 4) is 5.75 Å². The first-order chi connectivity index (χ1) is 13.9. The highest BCUT2D eigenvalue weighted by Gasteiger charge is 2.31. The smallest absolute Gasteiger partial charge is 0.406 e. The van der Waals surface area contributed by atoms with E-state index in [-0.39, 0.29) is 5.75 Å². The van der Waals surface area contributed by atoms with Crippen LogP contribution in [0, 0.1) is 6.92 Å². The Bertz CT molecular complexity index is 865. The molecule has 1 saturated carbocycles. The van der Waals surface area contributed by atoms with Gasteiger partial charge in [-0.2, -0.15) is 4.98 Å². The number of hydrogen-bond acceptors (Lipinski definition) is 5. The minimum atomic E-state index is -4.67. The largest absolute Gasteiger partial charge is 0.573 e. The minimum absolute atomic E-state index is 0.165. The molecule has 8 heteroatoms. The predicted molar refractivity (Wildman–Crippen MR) is 105 cm³/mol. The van der Waals surface area contributed by atoms with Gasteiger partial charge in [-0.15, -0.1) is 13.2 Å².